The molecule has 7 heteroatoms. The fourth-order valence-corrected chi connectivity index (χ4v) is 5.62. The lowest BCUT2D eigenvalue weighted by atomic mass is 9.79. The summed E-state index contributed by atoms with van der Waals surface area (Å²) in [6, 6.07) is 9.64. The minimum atomic E-state index is -0.183. The Morgan fingerprint density at radius 3 is 2.44 bits per heavy atom. The van der Waals surface area contributed by atoms with Crippen LogP contribution in [0, 0.1) is 6.92 Å². The number of piperidine rings is 1. The lowest BCUT2D eigenvalue weighted by molar-refractivity contribution is -0.120. The van der Waals surface area contributed by atoms with Crippen LogP contribution < -0.4 is 16.1 Å². The van der Waals surface area contributed by atoms with Gasteiger partial charge in [0, 0.05) is 34.7 Å². The van der Waals surface area contributed by atoms with Crippen LogP contribution in [0.2, 0.25) is 0 Å². The Labute approximate surface area is 201 Å². The molecule has 7 nitrogen and oxygen atoms in total. The van der Waals surface area contributed by atoms with Gasteiger partial charge in [0.2, 0.25) is 5.91 Å². The predicted molar refractivity (Wildman–Crippen MR) is 133 cm³/mol. The van der Waals surface area contributed by atoms with E-state index in [1.165, 1.54) is 0 Å². The molecular formula is C27H36N4O3. The van der Waals surface area contributed by atoms with Gasteiger partial charge in [0.1, 0.15) is 5.76 Å². The summed E-state index contributed by atoms with van der Waals surface area (Å²) in [7, 11) is 0. The molecule has 1 saturated heterocycles. The Morgan fingerprint density at radius 1 is 1.09 bits per heavy atom. The number of furan rings is 1. The quantitative estimate of drug-likeness (QED) is 0.582. The van der Waals surface area contributed by atoms with E-state index in [4.69, 9.17) is 4.42 Å². The Morgan fingerprint density at radius 2 is 1.76 bits per heavy atom. The maximum atomic E-state index is 13.2. The molecule has 1 aliphatic heterocycles. The molecule has 0 atom stereocenters. The van der Waals surface area contributed by atoms with Gasteiger partial charge in [-0.2, -0.15) is 5.10 Å². The molecule has 4 rings (SSSR count). The van der Waals surface area contributed by atoms with Crippen molar-refractivity contribution in [3.8, 4) is 0 Å². The molecule has 1 aromatic heterocycles. The van der Waals surface area contributed by atoms with Crippen LogP contribution in [-0.4, -0.2) is 34.6 Å². The molecule has 0 bridgehead atoms. The highest BCUT2D eigenvalue weighted by Crippen LogP contribution is 2.32. The number of amides is 2. The first kappa shape index (κ1) is 24.2. The van der Waals surface area contributed by atoms with Gasteiger partial charge in [0.15, 0.2) is 5.76 Å². The zero-order valence-electron chi connectivity index (χ0n) is 20.9. The van der Waals surface area contributed by atoms with Crippen LogP contribution in [0.1, 0.15) is 86.4 Å². The van der Waals surface area contributed by atoms with E-state index in [2.05, 4.69) is 48.9 Å². The second-order valence-corrected chi connectivity index (χ2v) is 10.9. The molecule has 182 valence electrons. The minimum Gasteiger partial charge on any atom is -0.455 e. The van der Waals surface area contributed by atoms with Crippen LogP contribution in [0.15, 0.2) is 39.9 Å². The summed E-state index contributed by atoms with van der Waals surface area (Å²) in [6.45, 7) is 10.6. The highest BCUT2D eigenvalue weighted by molar-refractivity contribution is 6.06. The average Bonchev–Trinajstić information content (AvgIpc) is 3.08. The van der Waals surface area contributed by atoms with E-state index in [0.717, 1.165) is 60.3 Å². The molecule has 2 amide bonds. The summed E-state index contributed by atoms with van der Waals surface area (Å²) in [4.78, 5) is 25.6. The highest BCUT2D eigenvalue weighted by atomic mass is 16.4. The smallest absolute Gasteiger partial charge is 0.287 e. The number of hydrazone groups is 1. The van der Waals surface area contributed by atoms with Gasteiger partial charge in [-0.25, -0.2) is 5.43 Å². The van der Waals surface area contributed by atoms with Crippen molar-refractivity contribution in [1.82, 2.24) is 16.1 Å². The third-order valence-corrected chi connectivity index (χ3v) is 6.58. The fourth-order valence-electron chi connectivity index (χ4n) is 5.62. The summed E-state index contributed by atoms with van der Waals surface area (Å²) >= 11 is 0. The fraction of sp³-hybridized carbons (Fsp3) is 0.519. The molecule has 1 aromatic carbocycles. The molecule has 0 radical (unpaired) electrons. The molecule has 34 heavy (non-hydrogen) atoms. The number of fused-ring (bicyclic) bond motifs is 1. The summed E-state index contributed by atoms with van der Waals surface area (Å²) in [5, 5.41) is 11.3. The van der Waals surface area contributed by atoms with Crippen molar-refractivity contribution in [1.29, 1.82) is 0 Å². The summed E-state index contributed by atoms with van der Waals surface area (Å²) in [5.41, 5.74) is 5.93. The maximum absolute atomic E-state index is 13.2. The first-order chi connectivity index (χ1) is 16.0. The van der Waals surface area contributed by atoms with Crippen LogP contribution in [0.4, 0.5) is 0 Å². The van der Waals surface area contributed by atoms with E-state index < -0.39 is 0 Å². The van der Waals surface area contributed by atoms with Gasteiger partial charge in [0.05, 0.1) is 12.1 Å². The van der Waals surface area contributed by atoms with Crippen molar-refractivity contribution < 1.29 is 14.0 Å². The second-order valence-electron chi connectivity index (χ2n) is 10.9. The Kier molecular flexibility index (Phi) is 6.67. The molecule has 2 heterocycles. The van der Waals surface area contributed by atoms with Gasteiger partial charge in [-0.15, -0.1) is 0 Å². The Balaban J connectivity index is 1.48. The largest absolute Gasteiger partial charge is 0.455 e. The summed E-state index contributed by atoms with van der Waals surface area (Å²) in [6.07, 6.45) is 4.32. The number of nitrogens with zero attached hydrogens (tertiary/aromatic N) is 1. The molecule has 3 N–H and O–H groups in total. The van der Waals surface area contributed by atoms with Crippen molar-refractivity contribution in [3.63, 3.8) is 0 Å². The van der Waals surface area contributed by atoms with Crippen molar-refractivity contribution in [2.45, 2.75) is 90.3 Å². The standard InChI is InChI=1S/C27H36N4O3/c1-17-23-20(29-30-22(32)14-18-10-7-6-8-11-18)12-9-13-21(23)34-24(17)25(33)28-19-15-26(2,3)31-27(4,5)16-19/h6-8,10-11,19,31H,9,12-16H2,1-5H3,(H,28,33)(H,30,32)/b29-20+. The van der Waals surface area contributed by atoms with Gasteiger partial charge in [-0.3, -0.25) is 9.59 Å². The first-order valence-electron chi connectivity index (χ1n) is 12.2. The topological polar surface area (TPSA) is 95.7 Å². The van der Waals surface area contributed by atoms with Crippen molar-refractivity contribution in [3.05, 3.63) is 58.5 Å². The molecule has 2 aliphatic rings. The van der Waals surface area contributed by atoms with E-state index in [1.807, 2.05) is 37.3 Å². The van der Waals surface area contributed by atoms with Crippen LogP contribution >= 0.6 is 0 Å². The number of hydrogen-bond donors (Lipinski definition) is 3. The van der Waals surface area contributed by atoms with Gasteiger partial charge in [-0.05, 0) is 65.9 Å². The van der Waals surface area contributed by atoms with Gasteiger partial charge < -0.3 is 15.1 Å². The van der Waals surface area contributed by atoms with Crippen molar-refractivity contribution in [2.75, 3.05) is 0 Å². The van der Waals surface area contributed by atoms with E-state index in [1.54, 1.807) is 0 Å². The SMILES string of the molecule is Cc1c(C(=O)NC2CC(C)(C)NC(C)(C)C2)oc2c1/C(=N/NC(=O)Cc1ccccc1)CCC2. The zero-order chi connectivity index (χ0) is 24.5. The summed E-state index contributed by atoms with van der Waals surface area (Å²) < 4.78 is 6.06. The molecule has 0 saturated carbocycles. The van der Waals surface area contributed by atoms with Crippen LogP contribution in [0.5, 0.6) is 0 Å². The molecule has 1 aliphatic carbocycles. The first-order valence-corrected chi connectivity index (χ1v) is 12.2. The van der Waals surface area contributed by atoms with Crippen molar-refractivity contribution >= 4 is 17.5 Å². The van der Waals surface area contributed by atoms with E-state index >= 15 is 0 Å². The van der Waals surface area contributed by atoms with E-state index in [-0.39, 0.29) is 35.4 Å². The number of carbonyl (C=O) groups is 2. The Hall–Kier alpha value is -2.93. The van der Waals surface area contributed by atoms with Crippen LogP contribution in [0.25, 0.3) is 0 Å². The second kappa shape index (κ2) is 9.37. The number of rotatable bonds is 5. The third-order valence-electron chi connectivity index (χ3n) is 6.58. The zero-order valence-corrected chi connectivity index (χ0v) is 20.9. The highest BCUT2D eigenvalue weighted by Gasteiger charge is 2.39. The molecule has 0 spiro atoms. The van der Waals surface area contributed by atoms with E-state index in [9.17, 15) is 9.59 Å². The lowest BCUT2D eigenvalue weighted by Gasteiger charge is -2.46. The van der Waals surface area contributed by atoms with Gasteiger partial charge in [-0.1, -0.05) is 30.3 Å². The lowest BCUT2D eigenvalue weighted by Crippen LogP contribution is -2.62. The third kappa shape index (κ3) is 5.58. The van der Waals surface area contributed by atoms with Crippen LogP contribution in [0.3, 0.4) is 0 Å². The molecule has 2 aromatic rings. The average molecular weight is 465 g/mol. The van der Waals surface area contributed by atoms with Crippen molar-refractivity contribution in [2.24, 2.45) is 5.10 Å². The number of carbonyl (C=O) groups excluding carboxylic acids is 2. The minimum absolute atomic E-state index is 0.0606. The number of hydrogen-bond acceptors (Lipinski definition) is 5. The predicted octanol–water partition coefficient (Wildman–Crippen LogP) is 4.03. The number of benzene rings is 1. The summed E-state index contributed by atoms with van der Waals surface area (Å²) in [5.74, 6) is 0.777. The van der Waals surface area contributed by atoms with Crippen LogP contribution in [-0.2, 0) is 17.6 Å². The van der Waals surface area contributed by atoms with Gasteiger partial charge in [0.25, 0.3) is 5.91 Å². The van der Waals surface area contributed by atoms with Gasteiger partial charge >= 0.3 is 0 Å². The molecule has 0 unspecified atom stereocenters. The molecular weight excluding hydrogens is 428 g/mol. The normalized spacial score (nSPS) is 20.6. The maximum Gasteiger partial charge on any atom is 0.287 e. The number of nitrogens with one attached hydrogen (secondary N) is 3. The van der Waals surface area contributed by atoms with E-state index in [0.29, 0.717) is 5.76 Å². The number of aryl methyl sites for hydroxylation is 1. The molecule has 1 fully saturated rings. The monoisotopic (exact) mass is 464 g/mol. The Bertz CT molecular complexity index is 1080.